The number of rotatable bonds is 4. The molecule has 0 aliphatic carbocycles. The number of nitro benzene ring substituents is 1. The molecule has 0 saturated carbocycles. The summed E-state index contributed by atoms with van der Waals surface area (Å²) in [5.41, 5.74) is -1.32. The molecule has 10 heteroatoms. The summed E-state index contributed by atoms with van der Waals surface area (Å²) in [5.74, 6) is -1.47. The lowest BCUT2D eigenvalue weighted by atomic mass is 10.0. The van der Waals surface area contributed by atoms with E-state index in [4.69, 9.17) is 4.74 Å². The summed E-state index contributed by atoms with van der Waals surface area (Å²) in [6.45, 7) is 6.26. The molecule has 1 fully saturated rings. The van der Waals surface area contributed by atoms with Crippen LogP contribution in [0.15, 0.2) is 12.1 Å². The highest BCUT2D eigenvalue weighted by atomic mass is 16.6. The van der Waals surface area contributed by atoms with Crippen molar-refractivity contribution in [2.45, 2.75) is 45.3 Å². The van der Waals surface area contributed by atoms with E-state index in [9.17, 15) is 24.8 Å². The molecule has 1 aliphatic heterocycles. The van der Waals surface area contributed by atoms with E-state index >= 15 is 0 Å². The number of hydrogen-bond acceptors (Lipinski definition) is 8. The van der Waals surface area contributed by atoms with Crippen molar-refractivity contribution in [2.75, 3.05) is 25.1 Å². The molecule has 10 nitrogen and oxygen atoms in total. The minimum Gasteiger partial charge on any atom is -0.501 e. The second-order valence-corrected chi connectivity index (χ2v) is 7.49. The van der Waals surface area contributed by atoms with Gasteiger partial charge in [0.15, 0.2) is 0 Å². The maximum atomic E-state index is 11.9. The van der Waals surface area contributed by atoms with E-state index in [1.807, 2.05) is 0 Å². The highest BCUT2D eigenvalue weighted by Gasteiger charge is 2.31. The number of phenolic OH excluding ortho intramolecular Hbond substituents is 1. The molecule has 1 heterocycles. The molecule has 2 N–H and O–H groups in total. The first kappa shape index (κ1) is 21.3. The number of amides is 1. The number of anilines is 1. The highest BCUT2D eigenvalue weighted by molar-refractivity contribution is 5.96. The number of carbonyl (C=O) groups is 2. The summed E-state index contributed by atoms with van der Waals surface area (Å²) in [6.07, 6.45) is 0.656. The van der Waals surface area contributed by atoms with Crippen LogP contribution in [-0.4, -0.2) is 53.9 Å². The van der Waals surface area contributed by atoms with Gasteiger partial charge in [0.05, 0.1) is 17.7 Å². The summed E-state index contributed by atoms with van der Waals surface area (Å²) in [4.78, 5) is 35.9. The number of hydrogen-bond donors (Lipinski definition) is 2. The zero-order chi connectivity index (χ0) is 21.1. The molecule has 0 bridgehead atoms. The van der Waals surface area contributed by atoms with Crippen molar-refractivity contribution < 1.29 is 29.1 Å². The third kappa shape index (κ3) is 5.02. The Morgan fingerprint density at radius 1 is 1.29 bits per heavy atom. The van der Waals surface area contributed by atoms with Crippen LogP contribution in [0.5, 0.6) is 5.75 Å². The molecule has 1 aromatic carbocycles. The number of ether oxygens (including phenoxy) is 2. The number of phenols is 1. The fourth-order valence-corrected chi connectivity index (χ4v) is 3.02. The smallest absolute Gasteiger partial charge is 0.407 e. The van der Waals surface area contributed by atoms with E-state index in [0.29, 0.717) is 25.9 Å². The van der Waals surface area contributed by atoms with Crippen LogP contribution < -0.4 is 10.2 Å². The summed E-state index contributed by atoms with van der Waals surface area (Å²) < 4.78 is 9.77. The first-order valence-electron chi connectivity index (χ1n) is 8.86. The number of carbonyl (C=O) groups excluding carboxylic acids is 2. The van der Waals surface area contributed by atoms with Gasteiger partial charge >= 0.3 is 17.7 Å². The molecule has 2 rings (SSSR count). The molecular weight excluding hydrogens is 370 g/mol. The quantitative estimate of drug-likeness (QED) is 0.452. The van der Waals surface area contributed by atoms with E-state index in [-0.39, 0.29) is 17.3 Å². The van der Waals surface area contributed by atoms with Gasteiger partial charge in [0.25, 0.3) is 0 Å². The van der Waals surface area contributed by atoms with E-state index in [2.05, 4.69) is 10.1 Å². The Balaban J connectivity index is 2.10. The normalized spacial score (nSPS) is 15.1. The van der Waals surface area contributed by atoms with E-state index in [1.165, 1.54) is 12.1 Å². The first-order valence-corrected chi connectivity index (χ1v) is 8.86. The molecule has 154 valence electrons. The lowest BCUT2D eigenvalue weighted by molar-refractivity contribution is -0.386. The lowest BCUT2D eigenvalue weighted by Gasteiger charge is -2.34. The minimum absolute atomic E-state index is 0.0995. The minimum atomic E-state index is -0.895. The van der Waals surface area contributed by atoms with Gasteiger partial charge in [0, 0.05) is 19.1 Å². The third-order valence-electron chi connectivity index (χ3n) is 4.27. The Morgan fingerprint density at radius 3 is 2.39 bits per heavy atom. The van der Waals surface area contributed by atoms with Gasteiger partial charge < -0.3 is 24.8 Å². The zero-order valence-corrected chi connectivity index (χ0v) is 16.4. The Hall–Kier alpha value is -3.04. The number of aromatic hydroxyl groups is 1. The van der Waals surface area contributed by atoms with Crippen molar-refractivity contribution in [3.8, 4) is 5.75 Å². The molecule has 1 aromatic rings. The number of piperidine rings is 1. The molecule has 0 unspecified atom stereocenters. The maximum absolute atomic E-state index is 11.9. The summed E-state index contributed by atoms with van der Waals surface area (Å²) in [6, 6.07) is 2.62. The SMILES string of the molecule is COC(=O)c1ccc(N2CCC(NC(=O)OC(C)(C)C)CC2)c(O)c1[N+](=O)[O-]. The number of benzene rings is 1. The molecule has 28 heavy (non-hydrogen) atoms. The van der Waals surface area contributed by atoms with Gasteiger partial charge in [-0.25, -0.2) is 9.59 Å². The fraction of sp³-hybridized carbons (Fsp3) is 0.556. The Morgan fingerprint density at radius 2 is 1.89 bits per heavy atom. The number of nitrogens with one attached hydrogen (secondary N) is 1. The highest BCUT2D eigenvalue weighted by Crippen LogP contribution is 2.40. The number of esters is 1. The van der Waals surface area contributed by atoms with Crippen molar-refractivity contribution in [1.29, 1.82) is 0 Å². The molecule has 0 spiro atoms. The van der Waals surface area contributed by atoms with Crippen LogP contribution in [-0.2, 0) is 9.47 Å². The van der Waals surface area contributed by atoms with Gasteiger partial charge in [-0.2, -0.15) is 0 Å². The van der Waals surface area contributed by atoms with Crippen LogP contribution >= 0.6 is 0 Å². The van der Waals surface area contributed by atoms with E-state index in [0.717, 1.165) is 7.11 Å². The van der Waals surface area contributed by atoms with Crippen molar-refractivity contribution in [3.63, 3.8) is 0 Å². The number of nitrogens with zero attached hydrogens (tertiary/aromatic N) is 2. The molecule has 0 aromatic heterocycles. The molecule has 0 radical (unpaired) electrons. The predicted molar refractivity (Wildman–Crippen MR) is 101 cm³/mol. The van der Waals surface area contributed by atoms with Crippen molar-refractivity contribution in [3.05, 3.63) is 27.8 Å². The van der Waals surface area contributed by atoms with Crippen molar-refractivity contribution >= 4 is 23.4 Å². The average molecular weight is 395 g/mol. The Bertz CT molecular complexity index is 765. The van der Waals surface area contributed by atoms with Crippen molar-refractivity contribution in [2.24, 2.45) is 0 Å². The molecule has 1 saturated heterocycles. The van der Waals surface area contributed by atoms with Gasteiger partial charge in [0.1, 0.15) is 11.2 Å². The molecule has 1 aliphatic rings. The molecule has 1 amide bonds. The van der Waals surface area contributed by atoms with E-state index in [1.54, 1.807) is 25.7 Å². The lowest BCUT2D eigenvalue weighted by Crippen LogP contribution is -2.46. The number of alkyl carbamates (subject to hydrolysis) is 1. The van der Waals surface area contributed by atoms with Crippen LogP contribution in [0.3, 0.4) is 0 Å². The van der Waals surface area contributed by atoms with Crippen LogP contribution in [0.25, 0.3) is 0 Å². The summed E-state index contributed by atoms with van der Waals surface area (Å²) >= 11 is 0. The van der Waals surface area contributed by atoms with Crippen LogP contribution in [0.4, 0.5) is 16.2 Å². The number of nitro groups is 1. The second-order valence-electron chi connectivity index (χ2n) is 7.49. The fourth-order valence-electron chi connectivity index (χ4n) is 3.02. The third-order valence-corrected chi connectivity index (χ3v) is 4.27. The first-order chi connectivity index (χ1) is 13.0. The van der Waals surface area contributed by atoms with E-state index < -0.39 is 34.0 Å². The standard InChI is InChI=1S/C18H25N3O7/c1-18(2,3)28-17(24)19-11-7-9-20(10-8-11)13-6-5-12(16(23)27-4)14(15(13)22)21(25)26/h5-6,11,22H,7-10H2,1-4H3,(H,19,24). The van der Waals surface area contributed by atoms with Gasteiger partial charge in [0.2, 0.25) is 5.75 Å². The second kappa shape index (κ2) is 8.32. The Kier molecular flexibility index (Phi) is 6.32. The van der Waals surface area contributed by atoms with Gasteiger partial charge in [-0.3, -0.25) is 10.1 Å². The Labute approximate surface area is 162 Å². The number of methoxy groups -OCH3 is 1. The van der Waals surface area contributed by atoms with Crippen LogP contribution in [0.1, 0.15) is 44.0 Å². The topological polar surface area (TPSA) is 131 Å². The molecule has 0 atom stereocenters. The predicted octanol–water partition coefficient (Wildman–Crippen LogP) is 2.58. The molecular formula is C18H25N3O7. The van der Waals surface area contributed by atoms with Gasteiger partial charge in [-0.05, 0) is 45.7 Å². The monoisotopic (exact) mass is 395 g/mol. The van der Waals surface area contributed by atoms with Crippen LogP contribution in [0, 0.1) is 10.1 Å². The van der Waals surface area contributed by atoms with Gasteiger partial charge in [-0.1, -0.05) is 0 Å². The zero-order valence-electron chi connectivity index (χ0n) is 16.4. The summed E-state index contributed by atoms with van der Waals surface area (Å²) in [5, 5.41) is 24.5. The maximum Gasteiger partial charge on any atom is 0.407 e. The van der Waals surface area contributed by atoms with Gasteiger partial charge in [-0.15, -0.1) is 0 Å². The largest absolute Gasteiger partial charge is 0.501 e. The average Bonchev–Trinajstić information content (AvgIpc) is 2.59. The van der Waals surface area contributed by atoms with Crippen LogP contribution in [0.2, 0.25) is 0 Å². The van der Waals surface area contributed by atoms with Crippen molar-refractivity contribution in [1.82, 2.24) is 5.32 Å². The summed E-state index contributed by atoms with van der Waals surface area (Å²) in [7, 11) is 1.11.